The lowest BCUT2D eigenvalue weighted by molar-refractivity contribution is -0.116. The lowest BCUT2D eigenvalue weighted by Crippen LogP contribution is -2.20. The molecule has 0 radical (unpaired) electrons. The summed E-state index contributed by atoms with van der Waals surface area (Å²) in [4.78, 5) is 34.0. The Balaban J connectivity index is 1.83. The fourth-order valence-corrected chi connectivity index (χ4v) is 2.17. The number of aromatic nitrogens is 5. The molecule has 0 fully saturated rings. The van der Waals surface area contributed by atoms with Gasteiger partial charge in [0.25, 0.3) is 5.56 Å². The van der Waals surface area contributed by atoms with Crippen LogP contribution in [0.2, 0.25) is 0 Å². The van der Waals surface area contributed by atoms with Crippen LogP contribution in [0.3, 0.4) is 0 Å². The average molecular weight is 349 g/mol. The van der Waals surface area contributed by atoms with Crippen LogP contribution in [0.1, 0.15) is 0 Å². The van der Waals surface area contributed by atoms with Crippen molar-refractivity contribution >= 4 is 38.6 Å². The fraction of sp³-hybridized carbons (Fsp3) is 0.0833. The van der Waals surface area contributed by atoms with Crippen LogP contribution in [0.15, 0.2) is 40.3 Å². The first-order valence-electron chi connectivity index (χ1n) is 5.94. The molecule has 0 saturated heterocycles. The number of fused-ring (bicyclic) bond motifs is 1. The Morgan fingerprint density at radius 1 is 1.43 bits per heavy atom. The highest BCUT2D eigenvalue weighted by molar-refractivity contribution is 9.10. The third-order valence-electron chi connectivity index (χ3n) is 2.78. The van der Waals surface area contributed by atoms with Gasteiger partial charge in [-0.1, -0.05) is 0 Å². The number of anilines is 1. The summed E-state index contributed by atoms with van der Waals surface area (Å²) in [5, 5.41) is 7.08. The number of nitrogens with zero attached hydrogens (tertiary/aromatic N) is 4. The normalized spacial score (nSPS) is 10.7. The zero-order valence-electron chi connectivity index (χ0n) is 10.6. The number of carbonyl (C=O) groups excluding carboxylic acids is 1. The summed E-state index contributed by atoms with van der Waals surface area (Å²) in [5.74, 6) is -0.283. The highest BCUT2D eigenvalue weighted by atomic mass is 79.9. The van der Waals surface area contributed by atoms with Gasteiger partial charge in [-0.15, -0.1) is 0 Å². The number of hydrogen-bond donors (Lipinski definition) is 2. The van der Waals surface area contributed by atoms with Gasteiger partial charge in [-0.25, -0.2) is 9.67 Å². The van der Waals surface area contributed by atoms with Crippen molar-refractivity contribution in [2.24, 2.45) is 0 Å². The summed E-state index contributed by atoms with van der Waals surface area (Å²) >= 11 is 3.29. The Kier molecular flexibility index (Phi) is 3.48. The Morgan fingerprint density at radius 3 is 3.10 bits per heavy atom. The molecule has 106 valence electrons. The van der Waals surface area contributed by atoms with Crippen molar-refractivity contribution in [3.05, 3.63) is 45.8 Å². The van der Waals surface area contributed by atoms with Crippen LogP contribution in [0.4, 0.5) is 5.69 Å². The summed E-state index contributed by atoms with van der Waals surface area (Å²) in [6.07, 6.45) is 5.82. The van der Waals surface area contributed by atoms with E-state index in [-0.39, 0.29) is 18.0 Å². The molecule has 0 aliphatic heterocycles. The minimum absolute atomic E-state index is 0.0469. The molecule has 8 nitrogen and oxygen atoms in total. The molecule has 0 aromatic carbocycles. The first kappa shape index (κ1) is 13.4. The van der Waals surface area contributed by atoms with Crippen LogP contribution in [-0.2, 0) is 11.3 Å². The summed E-state index contributed by atoms with van der Waals surface area (Å²) in [6.45, 7) is -0.0469. The molecule has 0 saturated carbocycles. The van der Waals surface area contributed by atoms with Crippen molar-refractivity contribution < 1.29 is 4.79 Å². The van der Waals surface area contributed by atoms with E-state index in [1.807, 2.05) is 0 Å². The minimum Gasteiger partial charge on any atom is -0.323 e. The van der Waals surface area contributed by atoms with Crippen molar-refractivity contribution in [3.63, 3.8) is 0 Å². The molecule has 21 heavy (non-hydrogen) atoms. The number of pyridine rings is 1. The van der Waals surface area contributed by atoms with E-state index < -0.39 is 0 Å². The van der Waals surface area contributed by atoms with E-state index >= 15 is 0 Å². The number of aromatic amines is 1. The maximum Gasteiger partial charge on any atom is 0.261 e. The summed E-state index contributed by atoms with van der Waals surface area (Å²) in [7, 11) is 0. The Labute approximate surface area is 126 Å². The molecular formula is C12H9BrN6O2. The van der Waals surface area contributed by atoms with E-state index in [1.54, 1.807) is 18.5 Å². The van der Waals surface area contributed by atoms with Crippen LogP contribution in [0, 0.1) is 0 Å². The minimum atomic E-state index is -0.288. The molecule has 0 aliphatic rings. The number of carbonyl (C=O) groups is 1. The van der Waals surface area contributed by atoms with Crippen LogP contribution < -0.4 is 10.9 Å². The molecular weight excluding hydrogens is 340 g/mol. The zero-order valence-corrected chi connectivity index (χ0v) is 12.2. The molecule has 3 heterocycles. The van der Waals surface area contributed by atoms with E-state index in [1.165, 1.54) is 17.2 Å². The van der Waals surface area contributed by atoms with Crippen molar-refractivity contribution in [3.8, 4) is 0 Å². The predicted molar refractivity (Wildman–Crippen MR) is 78.7 cm³/mol. The van der Waals surface area contributed by atoms with Crippen LogP contribution in [0.5, 0.6) is 0 Å². The van der Waals surface area contributed by atoms with Gasteiger partial charge in [0.15, 0.2) is 5.65 Å². The number of halogens is 1. The first-order chi connectivity index (χ1) is 10.1. The molecule has 3 aromatic heterocycles. The van der Waals surface area contributed by atoms with Crippen molar-refractivity contribution in [1.82, 2.24) is 24.7 Å². The molecule has 3 rings (SSSR count). The van der Waals surface area contributed by atoms with Gasteiger partial charge in [-0.2, -0.15) is 5.10 Å². The fourth-order valence-electron chi connectivity index (χ4n) is 1.82. The van der Waals surface area contributed by atoms with Crippen LogP contribution in [-0.4, -0.2) is 30.6 Å². The van der Waals surface area contributed by atoms with E-state index in [9.17, 15) is 9.59 Å². The SMILES string of the molecule is O=C(Cn1ncc2c(=O)[nH]cnc21)Nc1ccncc1Br. The Morgan fingerprint density at radius 2 is 2.29 bits per heavy atom. The highest BCUT2D eigenvalue weighted by Gasteiger charge is 2.11. The Hall–Kier alpha value is -2.55. The van der Waals surface area contributed by atoms with Gasteiger partial charge in [-0.05, 0) is 22.0 Å². The highest BCUT2D eigenvalue weighted by Crippen LogP contribution is 2.19. The topological polar surface area (TPSA) is 106 Å². The first-order valence-corrected chi connectivity index (χ1v) is 6.73. The van der Waals surface area contributed by atoms with Crippen molar-refractivity contribution in [2.45, 2.75) is 6.54 Å². The molecule has 0 atom stereocenters. The second-order valence-corrected chi connectivity index (χ2v) is 5.03. The van der Waals surface area contributed by atoms with Gasteiger partial charge < -0.3 is 10.3 Å². The smallest absolute Gasteiger partial charge is 0.261 e. The second-order valence-electron chi connectivity index (χ2n) is 4.17. The molecule has 1 amide bonds. The lowest BCUT2D eigenvalue weighted by atomic mass is 10.4. The van der Waals surface area contributed by atoms with Gasteiger partial charge in [0, 0.05) is 12.4 Å². The third-order valence-corrected chi connectivity index (χ3v) is 3.41. The number of amides is 1. The summed E-state index contributed by atoms with van der Waals surface area (Å²) in [5.41, 5.74) is 0.684. The standard InChI is InChI=1S/C12H9BrN6O2/c13-8-4-14-2-1-9(8)18-10(20)5-19-11-7(3-17-19)12(21)16-6-15-11/h1-4,6H,5H2,(H,14,18,20)(H,15,16,21). The summed E-state index contributed by atoms with van der Waals surface area (Å²) in [6, 6.07) is 1.67. The largest absolute Gasteiger partial charge is 0.323 e. The third kappa shape index (κ3) is 2.68. The van der Waals surface area contributed by atoms with Crippen LogP contribution >= 0.6 is 15.9 Å². The maximum absolute atomic E-state index is 12.0. The predicted octanol–water partition coefficient (Wildman–Crippen LogP) is 0.916. The van der Waals surface area contributed by atoms with E-state index in [0.29, 0.717) is 21.2 Å². The van der Waals surface area contributed by atoms with Gasteiger partial charge in [0.05, 0.1) is 22.7 Å². The molecule has 0 bridgehead atoms. The monoisotopic (exact) mass is 348 g/mol. The van der Waals surface area contributed by atoms with Crippen LogP contribution in [0.25, 0.3) is 11.0 Å². The molecule has 2 N–H and O–H groups in total. The number of hydrogen-bond acceptors (Lipinski definition) is 5. The summed E-state index contributed by atoms with van der Waals surface area (Å²) < 4.78 is 2.05. The van der Waals surface area contributed by atoms with Crippen molar-refractivity contribution in [2.75, 3.05) is 5.32 Å². The van der Waals surface area contributed by atoms with Gasteiger partial charge in [0.1, 0.15) is 11.9 Å². The molecule has 0 aliphatic carbocycles. The van der Waals surface area contributed by atoms with Crippen molar-refractivity contribution in [1.29, 1.82) is 0 Å². The van der Waals surface area contributed by atoms with E-state index in [4.69, 9.17) is 0 Å². The molecule has 0 spiro atoms. The molecule has 9 heteroatoms. The lowest BCUT2D eigenvalue weighted by Gasteiger charge is -2.07. The van der Waals surface area contributed by atoms with Gasteiger partial charge >= 0.3 is 0 Å². The average Bonchev–Trinajstić information content (AvgIpc) is 2.86. The number of rotatable bonds is 3. The second kappa shape index (κ2) is 5.44. The zero-order chi connectivity index (χ0) is 14.8. The van der Waals surface area contributed by atoms with E-state index in [0.717, 1.165) is 0 Å². The number of H-pyrrole nitrogens is 1. The maximum atomic E-state index is 12.0. The molecule has 3 aromatic rings. The number of nitrogens with one attached hydrogen (secondary N) is 2. The van der Waals surface area contributed by atoms with Gasteiger partial charge in [-0.3, -0.25) is 14.6 Å². The quantitative estimate of drug-likeness (QED) is 0.731. The Bertz CT molecular complexity index is 871. The van der Waals surface area contributed by atoms with Gasteiger partial charge in [0.2, 0.25) is 5.91 Å². The molecule has 0 unspecified atom stereocenters. The van der Waals surface area contributed by atoms with E-state index in [2.05, 4.69) is 41.3 Å².